The first-order valence-corrected chi connectivity index (χ1v) is 6.23. The third-order valence-electron chi connectivity index (χ3n) is 3.50. The molecule has 2 rings (SSSR count). The lowest BCUT2D eigenvalue weighted by Gasteiger charge is -2.38. The maximum absolute atomic E-state index is 10.7. The van der Waals surface area contributed by atoms with Crippen LogP contribution in [0.25, 0.3) is 0 Å². The lowest BCUT2D eigenvalue weighted by molar-refractivity contribution is -0.922. The zero-order valence-electron chi connectivity index (χ0n) is 10.2. The second kappa shape index (κ2) is 5.87. The Morgan fingerprint density at radius 3 is 2.78 bits per heavy atom. The molecule has 1 aromatic carbocycles. The number of likely N-dealkylation sites (N-methyl/N-ethyl adjacent to an activating group) is 1. The van der Waals surface area contributed by atoms with E-state index in [4.69, 9.17) is 11.6 Å². The standard InChI is InChI=1S/C12H16ClN2O2.ClH/c1-15(7-5-13)6-4-10-8-12(14(16)17)3-2-11(10)9-15;/h2-3,8H,4-7,9H2,1H3;1H/q+1;/p-1. The molecule has 18 heavy (non-hydrogen) atoms. The Morgan fingerprint density at radius 1 is 1.44 bits per heavy atom. The van der Waals surface area contributed by atoms with Crippen LogP contribution in [0.5, 0.6) is 0 Å². The summed E-state index contributed by atoms with van der Waals surface area (Å²) in [7, 11) is 2.19. The molecule has 1 atom stereocenters. The maximum Gasteiger partial charge on any atom is 0.269 e. The number of alkyl halides is 1. The van der Waals surface area contributed by atoms with E-state index in [1.165, 1.54) is 5.56 Å². The van der Waals surface area contributed by atoms with Crippen molar-refractivity contribution in [3.63, 3.8) is 0 Å². The number of fused-ring (bicyclic) bond motifs is 1. The smallest absolute Gasteiger partial charge is 0.269 e. The third-order valence-corrected chi connectivity index (χ3v) is 3.67. The molecule has 1 unspecified atom stereocenters. The Morgan fingerprint density at radius 2 is 2.17 bits per heavy atom. The fraction of sp³-hybridized carbons (Fsp3) is 0.500. The normalized spacial score (nSPS) is 21.9. The number of nitro benzene ring substituents is 1. The number of quaternary nitrogens is 1. The molecule has 0 N–H and O–H groups in total. The number of non-ortho nitro benzene ring substituents is 1. The Labute approximate surface area is 118 Å². The molecule has 1 aromatic rings. The van der Waals surface area contributed by atoms with Crippen molar-refractivity contribution in [3.8, 4) is 0 Å². The fourth-order valence-electron chi connectivity index (χ4n) is 2.39. The van der Waals surface area contributed by atoms with Gasteiger partial charge in [-0.05, 0) is 11.6 Å². The van der Waals surface area contributed by atoms with Gasteiger partial charge in [0.2, 0.25) is 0 Å². The summed E-state index contributed by atoms with van der Waals surface area (Å²) in [6, 6.07) is 5.19. The molecule has 0 saturated heterocycles. The van der Waals surface area contributed by atoms with E-state index < -0.39 is 0 Å². The number of nitro groups is 1. The van der Waals surface area contributed by atoms with Gasteiger partial charge in [-0.1, -0.05) is 0 Å². The molecule has 0 fully saturated rings. The Hall–Kier alpha value is -0.840. The van der Waals surface area contributed by atoms with Crippen molar-refractivity contribution in [2.24, 2.45) is 0 Å². The van der Waals surface area contributed by atoms with E-state index in [2.05, 4.69) is 7.05 Å². The number of hydrogen-bond donors (Lipinski definition) is 0. The van der Waals surface area contributed by atoms with Gasteiger partial charge in [-0.2, -0.15) is 0 Å². The maximum atomic E-state index is 10.7. The summed E-state index contributed by atoms with van der Waals surface area (Å²) in [6.45, 7) is 2.86. The monoisotopic (exact) mass is 290 g/mol. The van der Waals surface area contributed by atoms with Crippen LogP contribution < -0.4 is 12.4 Å². The predicted molar refractivity (Wildman–Crippen MR) is 67.1 cm³/mol. The van der Waals surface area contributed by atoms with Crippen LogP contribution in [0.15, 0.2) is 18.2 Å². The topological polar surface area (TPSA) is 43.1 Å². The van der Waals surface area contributed by atoms with Gasteiger partial charge in [0.05, 0.1) is 30.9 Å². The molecule has 0 aromatic heterocycles. The minimum atomic E-state index is -0.332. The van der Waals surface area contributed by atoms with E-state index in [1.807, 2.05) is 6.07 Å². The SMILES string of the molecule is C[N+]1(CCCl)CCc2cc([N+](=O)[O-])ccc2C1.[Cl-]. The molecule has 1 aliphatic rings. The van der Waals surface area contributed by atoms with Gasteiger partial charge in [0, 0.05) is 24.1 Å². The second-order valence-corrected chi connectivity index (χ2v) is 5.25. The van der Waals surface area contributed by atoms with E-state index in [-0.39, 0.29) is 23.0 Å². The van der Waals surface area contributed by atoms with Crippen LogP contribution in [-0.2, 0) is 13.0 Å². The first-order valence-electron chi connectivity index (χ1n) is 5.70. The van der Waals surface area contributed by atoms with Gasteiger partial charge in [0.1, 0.15) is 6.54 Å². The van der Waals surface area contributed by atoms with Crippen LogP contribution >= 0.6 is 11.6 Å². The van der Waals surface area contributed by atoms with Crippen molar-refractivity contribution in [2.45, 2.75) is 13.0 Å². The number of hydrogen-bond acceptors (Lipinski definition) is 2. The predicted octanol–water partition coefficient (Wildman–Crippen LogP) is -0.660. The van der Waals surface area contributed by atoms with Crippen LogP contribution in [0.2, 0.25) is 0 Å². The van der Waals surface area contributed by atoms with Gasteiger partial charge < -0.3 is 16.9 Å². The minimum absolute atomic E-state index is 0. The van der Waals surface area contributed by atoms with Crippen molar-refractivity contribution in [2.75, 3.05) is 26.0 Å². The molecule has 0 amide bonds. The van der Waals surface area contributed by atoms with E-state index >= 15 is 0 Å². The van der Waals surface area contributed by atoms with Crippen molar-refractivity contribution in [1.82, 2.24) is 0 Å². The molecule has 0 bridgehead atoms. The highest BCUT2D eigenvalue weighted by molar-refractivity contribution is 6.17. The fourth-order valence-corrected chi connectivity index (χ4v) is 2.80. The average molecular weight is 291 g/mol. The van der Waals surface area contributed by atoms with Crippen molar-refractivity contribution >= 4 is 17.3 Å². The lowest BCUT2D eigenvalue weighted by Crippen LogP contribution is -3.00. The van der Waals surface area contributed by atoms with Crippen LogP contribution in [0, 0.1) is 10.1 Å². The van der Waals surface area contributed by atoms with Crippen LogP contribution in [-0.4, -0.2) is 35.4 Å². The summed E-state index contributed by atoms with van der Waals surface area (Å²) >= 11 is 5.81. The Bertz CT molecular complexity index is 454. The van der Waals surface area contributed by atoms with E-state index in [9.17, 15) is 10.1 Å². The van der Waals surface area contributed by atoms with E-state index in [0.29, 0.717) is 5.88 Å². The zero-order valence-corrected chi connectivity index (χ0v) is 11.7. The number of rotatable bonds is 3. The molecule has 1 heterocycles. The van der Waals surface area contributed by atoms with E-state index in [1.54, 1.807) is 12.1 Å². The third kappa shape index (κ3) is 3.13. The van der Waals surface area contributed by atoms with Gasteiger partial charge in [0.25, 0.3) is 5.69 Å². The van der Waals surface area contributed by atoms with Crippen molar-refractivity contribution in [3.05, 3.63) is 39.4 Å². The summed E-state index contributed by atoms with van der Waals surface area (Å²) < 4.78 is 0.925. The Kier molecular flexibility index (Phi) is 4.96. The highest BCUT2D eigenvalue weighted by Crippen LogP contribution is 2.26. The van der Waals surface area contributed by atoms with Gasteiger partial charge in [0.15, 0.2) is 0 Å². The van der Waals surface area contributed by atoms with E-state index in [0.717, 1.165) is 36.1 Å². The number of halogens is 2. The molecular formula is C12H16Cl2N2O2. The van der Waals surface area contributed by atoms with Gasteiger partial charge >= 0.3 is 0 Å². The van der Waals surface area contributed by atoms with Gasteiger partial charge in [-0.25, -0.2) is 0 Å². The first-order chi connectivity index (χ1) is 8.04. The Balaban J connectivity index is 0.00000162. The van der Waals surface area contributed by atoms with Crippen molar-refractivity contribution in [1.29, 1.82) is 0 Å². The first kappa shape index (κ1) is 15.2. The molecule has 0 radical (unpaired) electrons. The summed E-state index contributed by atoms with van der Waals surface area (Å²) in [5.74, 6) is 0.652. The molecule has 0 saturated carbocycles. The minimum Gasteiger partial charge on any atom is -1.00 e. The zero-order chi connectivity index (χ0) is 12.5. The molecule has 0 aliphatic carbocycles. The average Bonchev–Trinajstić information content (AvgIpc) is 2.28. The van der Waals surface area contributed by atoms with Crippen LogP contribution in [0.4, 0.5) is 5.69 Å². The van der Waals surface area contributed by atoms with Crippen LogP contribution in [0.1, 0.15) is 11.1 Å². The summed E-state index contributed by atoms with van der Waals surface area (Å²) in [5.41, 5.74) is 2.52. The molecule has 1 aliphatic heterocycles. The molecular weight excluding hydrogens is 275 g/mol. The molecule has 0 spiro atoms. The van der Waals surface area contributed by atoms with Crippen molar-refractivity contribution < 1.29 is 21.8 Å². The second-order valence-electron chi connectivity index (χ2n) is 4.87. The van der Waals surface area contributed by atoms with Gasteiger partial charge in [-0.15, -0.1) is 11.6 Å². The number of nitrogens with zero attached hydrogens (tertiary/aromatic N) is 2. The summed E-state index contributed by atoms with van der Waals surface area (Å²) in [4.78, 5) is 10.4. The van der Waals surface area contributed by atoms with Gasteiger partial charge in [-0.3, -0.25) is 10.1 Å². The summed E-state index contributed by atoms with van der Waals surface area (Å²) in [6.07, 6.45) is 0.893. The molecule has 6 heteroatoms. The molecule has 100 valence electrons. The molecule has 4 nitrogen and oxygen atoms in total. The highest BCUT2D eigenvalue weighted by atomic mass is 35.5. The largest absolute Gasteiger partial charge is 1.00 e. The lowest BCUT2D eigenvalue weighted by atomic mass is 9.97. The highest BCUT2D eigenvalue weighted by Gasteiger charge is 2.28. The summed E-state index contributed by atoms with van der Waals surface area (Å²) in [5, 5.41) is 10.7. The quantitative estimate of drug-likeness (QED) is 0.321. The van der Waals surface area contributed by atoms with Crippen LogP contribution in [0.3, 0.4) is 0 Å². The number of benzene rings is 1.